The van der Waals surface area contributed by atoms with Crippen molar-refractivity contribution in [2.75, 3.05) is 13.3 Å². The fourth-order valence-electron chi connectivity index (χ4n) is 1.51. The molecule has 0 radical (unpaired) electrons. The summed E-state index contributed by atoms with van der Waals surface area (Å²) in [7, 11) is -2.33. The molecule has 0 bridgehead atoms. The van der Waals surface area contributed by atoms with E-state index in [9.17, 15) is 4.57 Å². The smallest absolute Gasteiger partial charge is 0.131 e. The van der Waals surface area contributed by atoms with E-state index in [2.05, 4.69) is 23.8 Å². The van der Waals surface area contributed by atoms with E-state index in [1.807, 2.05) is 20.0 Å². The topological polar surface area (TPSA) is 42.9 Å². The van der Waals surface area contributed by atoms with Crippen molar-refractivity contribution in [3.63, 3.8) is 0 Å². The lowest BCUT2D eigenvalue weighted by atomic mass is 10.1. The quantitative estimate of drug-likeness (QED) is 0.763. The van der Waals surface area contributed by atoms with E-state index in [4.69, 9.17) is 0 Å². The van der Waals surface area contributed by atoms with Crippen molar-refractivity contribution < 1.29 is 4.57 Å². The van der Waals surface area contributed by atoms with Crippen LogP contribution >= 0.6 is 7.14 Å². The second kappa shape index (κ2) is 4.67. The molecule has 0 aliphatic carbocycles. The van der Waals surface area contributed by atoms with E-state index in [0.717, 1.165) is 16.8 Å². The highest BCUT2D eigenvalue weighted by Crippen LogP contribution is 2.36. The van der Waals surface area contributed by atoms with Gasteiger partial charge in [0.15, 0.2) is 0 Å². The van der Waals surface area contributed by atoms with Crippen molar-refractivity contribution >= 4 is 12.6 Å². The summed E-state index contributed by atoms with van der Waals surface area (Å²) >= 11 is 0. The van der Waals surface area contributed by atoms with Gasteiger partial charge in [-0.2, -0.15) is 0 Å². The van der Waals surface area contributed by atoms with Gasteiger partial charge in [-0.25, -0.2) is 9.97 Å². The maximum absolute atomic E-state index is 12.2. The molecule has 1 aromatic heterocycles. The average molecular weight is 240 g/mol. The maximum atomic E-state index is 12.2. The van der Waals surface area contributed by atoms with Gasteiger partial charge in [-0.3, -0.25) is 0 Å². The van der Waals surface area contributed by atoms with Gasteiger partial charge in [0.05, 0.1) is 0 Å². The lowest BCUT2D eigenvalue weighted by molar-refractivity contribution is 0.587. The number of hydrogen-bond acceptors (Lipinski definition) is 3. The molecule has 0 amide bonds. The van der Waals surface area contributed by atoms with Crippen molar-refractivity contribution in [2.24, 2.45) is 0 Å². The zero-order chi connectivity index (χ0) is 12.5. The predicted octanol–water partition coefficient (Wildman–Crippen LogP) is 2.97. The third-order valence-corrected chi connectivity index (χ3v) is 3.84. The van der Waals surface area contributed by atoms with Crippen LogP contribution in [-0.2, 0) is 4.57 Å². The Labute approximate surface area is 98.1 Å². The van der Waals surface area contributed by atoms with Gasteiger partial charge < -0.3 is 4.57 Å². The van der Waals surface area contributed by atoms with Crippen LogP contribution in [0.2, 0.25) is 0 Å². The van der Waals surface area contributed by atoms with Gasteiger partial charge >= 0.3 is 0 Å². The summed E-state index contributed by atoms with van der Waals surface area (Å²) in [5.41, 5.74) is 1.76. The zero-order valence-corrected chi connectivity index (χ0v) is 11.9. The molecule has 90 valence electrons. The number of aromatic nitrogens is 2. The van der Waals surface area contributed by atoms with E-state index in [1.165, 1.54) is 0 Å². The van der Waals surface area contributed by atoms with E-state index in [0.29, 0.717) is 5.92 Å². The molecule has 0 unspecified atom stereocenters. The minimum Gasteiger partial charge on any atom is -0.318 e. The first-order valence-corrected chi connectivity index (χ1v) is 8.26. The Bertz CT molecular complexity index is 421. The van der Waals surface area contributed by atoms with Crippen LogP contribution in [0.5, 0.6) is 0 Å². The van der Waals surface area contributed by atoms with Crippen LogP contribution in [0.4, 0.5) is 0 Å². The van der Waals surface area contributed by atoms with E-state index in [1.54, 1.807) is 13.3 Å². The molecule has 1 rings (SSSR count). The molecule has 4 heteroatoms. The SMILES string of the molecule is CC(C)c1ncc(C(C)C)c(P(C)(C)=O)n1. The molecule has 0 N–H and O–H groups in total. The molecular weight excluding hydrogens is 219 g/mol. The number of hydrogen-bond donors (Lipinski definition) is 0. The highest BCUT2D eigenvalue weighted by Gasteiger charge is 2.21. The second-order valence-electron chi connectivity index (χ2n) is 5.17. The summed E-state index contributed by atoms with van der Waals surface area (Å²) in [4.78, 5) is 8.83. The average Bonchev–Trinajstić information content (AvgIpc) is 2.15. The first-order valence-electron chi connectivity index (χ1n) is 5.66. The molecule has 16 heavy (non-hydrogen) atoms. The Balaban J connectivity index is 3.39. The standard InChI is InChI=1S/C12H21N2OP/c1-8(2)10-7-13-11(9(3)4)14-12(10)16(5,6)15/h7-9H,1-6H3. The molecule has 0 fully saturated rings. The number of nitrogens with zero attached hydrogens (tertiary/aromatic N) is 2. The molecule has 3 nitrogen and oxygen atoms in total. The molecule has 1 heterocycles. The normalized spacial score (nSPS) is 12.5. The summed E-state index contributed by atoms with van der Waals surface area (Å²) in [6.07, 6.45) is 1.84. The summed E-state index contributed by atoms with van der Waals surface area (Å²) in [6.45, 7) is 11.8. The Morgan fingerprint density at radius 2 is 1.69 bits per heavy atom. The Hall–Kier alpha value is -0.690. The molecule has 0 aliphatic heterocycles. The molecule has 0 saturated carbocycles. The van der Waals surface area contributed by atoms with Gasteiger partial charge in [0.2, 0.25) is 0 Å². The fourth-order valence-corrected chi connectivity index (χ4v) is 2.79. The third-order valence-electron chi connectivity index (χ3n) is 2.46. The van der Waals surface area contributed by atoms with Gasteiger partial charge in [0.1, 0.15) is 18.4 Å². The van der Waals surface area contributed by atoms with Crippen molar-refractivity contribution in [1.29, 1.82) is 0 Å². The van der Waals surface area contributed by atoms with Crippen LogP contribution in [0.1, 0.15) is 50.9 Å². The summed E-state index contributed by atoms with van der Waals surface area (Å²) in [6, 6.07) is 0. The van der Waals surface area contributed by atoms with Crippen LogP contribution in [0.3, 0.4) is 0 Å². The molecular formula is C12H21N2OP. The summed E-state index contributed by atoms with van der Waals surface area (Å²) < 4.78 is 12.2. The summed E-state index contributed by atoms with van der Waals surface area (Å²) in [5, 5.41) is 0. The Kier molecular flexibility index (Phi) is 3.90. The van der Waals surface area contributed by atoms with Gasteiger partial charge in [-0.05, 0) is 19.2 Å². The minimum atomic E-state index is -2.33. The van der Waals surface area contributed by atoms with Crippen molar-refractivity contribution in [3.8, 4) is 0 Å². The van der Waals surface area contributed by atoms with E-state index >= 15 is 0 Å². The highest BCUT2D eigenvalue weighted by molar-refractivity contribution is 7.70. The predicted molar refractivity (Wildman–Crippen MR) is 69.3 cm³/mol. The first-order chi connectivity index (χ1) is 7.23. The molecule has 0 aliphatic rings. The van der Waals surface area contributed by atoms with E-state index < -0.39 is 7.14 Å². The van der Waals surface area contributed by atoms with Crippen molar-refractivity contribution in [1.82, 2.24) is 9.97 Å². The van der Waals surface area contributed by atoms with Crippen LogP contribution in [0, 0.1) is 0 Å². The molecule has 0 saturated heterocycles. The molecule has 0 aromatic carbocycles. The van der Waals surface area contributed by atoms with Crippen molar-refractivity contribution in [3.05, 3.63) is 17.6 Å². The lowest BCUT2D eigenvalue weighted by Gasteiger charge is -2.16. The van der Waals surface area contributed by atoms with Crippen molar-refractivity contribution in [2.45, 2.75) is 39.5 Å². The summed E-state index contributed by atoms with van der Waals surface area (Å²) in [5.74, 6) is 1.36. The monoisotopic (exact) mass is 240 g/mol. The molecule has 1 aromatic rings. The largest absolute Gasteiger partial charge is 0.318 e. The van der Waals surface area contributed by atoms with Crippen LogP contribution in [0.25, 0.3) is 0 Å². The lowest BCUT2D eigenvalue weighted by Crippen LogP contribution is -2.19. The third kappa shape index (κ3) is 2.91. The second-order valence-corrected chi connectivity index (χ2v) is 8.29. The first kappa shape index (κ1) is 13.4. The van der Waals surface area contributed by atoms with E-state index in [-0.39, 0.29) is 5.92 Å². The van der Waals surface area contributed by atoms with Crippen LogP contribution < -0.4 is 5.44 Å². The number of rotatable bonds is 3. The van der Waals surface area contributed by atoms with Gasteiger partial charge in [0, 0.05) is 17.7 Å². The molecule has 0 atom stereocenters. The van der Waals surface area contributed by atoms with Crippen LogP contribution in [-0.4, -0.2) is 23.3 Å². The highest BCUT2D eigenvalue weighted by atomic mass is 31.2. The Morgan fingerprint density at radius 1 is 1.12 bits per heavy atom. The Morgan fingerprint density at radius 3 is 2.06 bits per heavy atom. The zero-order valence-electron chi connectivity index (χ0n) is 11.0. The molecule has 0 spiro atoms. The minimum absolute atomic E-state index is 0.270. The fraction of sp³-hybridized carbons (Fsp3) is 0.667. The maximum Gasteiger partial charge on any atom is 0.131 e. The van der Waals surface area contributed by atoms with Crippen LogP contribution in [0.15, 0.2) is 6.20 Å². The van der Waals surface area contributed by atoms with Gasteiger partial charge in [0.25, 0.3) is 0 Å². The van der Waals surface area contributed by atoms with Gasteiger partial charge in [-0.1, -0.05) is 27.7 Å². The van der Waals surface area contributed by atoms with Gasteiger partial charge in [-0.15, -0.1) is 0 Å².